The van der Waals surface area contributed by atoms with Gasteiger partial charge in [0.2, 0.25) is 0 Å². The van der Waals surface area contributed by atoms with E-state index in [-0.39, 0.29) is 0 Å². The maximum absolute atomic E-state index is 13.2. The number of aromatic nitrogens is 2. The monoisotopic (exact) mass is 472 g/mol. The standard InChI is InChI=1S/C27H28N4O4/c1-30(2)10-5-11-31-15-21(19-13-17(35-4)7-9-23(19)31)25-24(26(32)29-27(25)33)20-14-28-22-8-6-16(34-3)12-18(20)22/h6-9,12-15,28H,5,10-11H2,1-4H3,(H,29,32,33). The maximum Gasteiger partial charge on any atom is 0.259 e. The molecular weight excluding hydrogens is 444 g/mol. The summed E-state index contributed by atoms with van der Waals surface area (Å²) in [7, 11) is 7.31. The third-order valence-electron chi connectivity index (χ3n) is 6.45. The first kappa shape index (κ1) is 22.7. The van der Waals surface area contributed by atoms with E-state index < -0.39 is 11.8 Å². The molecule has 8 nitrogen and oxygen atoms in total. The van der Waals surface area contributed by atoms with E-state index >= 15 is 0 Å². The number of ether oxygens (including phenoxy) is 2. The number of imide groups is 1. The Morgan fingerprint density at radius 3 is 2.23 bits per heavy atom. The number of carbonyl (C=O) groups excluding carboxylic acids is 2. The van der Waals surface area contributed by atoms with Gasteiger partial charge in [0.05, 0.1) is 25.4 Å². The van der Waals surface area contributed by atoms with Crippen molar-refractivity contribution in [2.24, 2.45) is 0 Å². The Morgan fingerprint density at radius 1 is 0.886 bits per heavy atom. The lowest BCUT2D eigenvalue weighted by molar-refractivity contribution is -0.122. The second-order valence-corrected chi connectivity index (χ2v) is 8.92. The molecule has 3 heterocycles. The summed E-state index contributed by atoms with van der Waals surface area (Å²) in [6.45, 7) is 1.72. The van der Waals surface area contributed by atoms with Gasteiger partial charge in [-0.2, -0.15) is 0 Å². The Hall–Kier alpha value is -4.04. The highest BCUT2D eigenvalue weighted by molar-refractivity contribution is 6.50. The molecule has 2 aromatic carbocycles. The molecule has 5 rings (SSSR count). The lowest BCUT2D eigenvalue weighted by Crippen LogP contribution is -2.22. The highest BCUT2D eigenvalue weighted by Crippen LogP contribution is 2.39. The smallest absolute Gasteiger partial charge is 0.259 e. The van der Waals surface area contributed by atoms with Crippen molar-refractivity contribution in [3.63, 3.8) is 0 Å². The number of hydrogen-bond acceptors (Lipinski definition) is 5. The second kappa shape index (κ2) is 8.96. The molecule has 0 radical (unpaired) electrons. The third-order valence-corrected chi connectivity index (χ3v) is 6.45. The minimum absolute atomic E-state index is 0.352. The van der Waals surface area contributed by atoms with Crippen LogP contribution in [0.5, 0.6) is 11.5 Å². The quantitative estimate of drug-likeness (QED) is 0.382. The van der Waals surface area contributed by atoms with Crippen molar-refractivity contribution >= 4 is 44.8 Å². The van der Waals surface area contributed by atoms with Crippen LogP contribution in [0.15, 0.2) is 48.8 Å². The zero-order valence-electron chi connectivity index (χ0n) is 20.3. The van der Waals surface area contributed by atoms with Crippen LogP contribution in [-0.2, 0) is 16.1 Å². The van der Waals surface area contributed by atoms with Crippen LogP contribution in [-0.4, -0.2) is 61.1 Å². The molecule has 0 saturated carbocycles. The van der Waals surface area contributed by atoms with E-state index in [0.29, 0.717) is 33.8 Å². The van der Waals surface area contributed by atoms with Crippen LogP contribution in [0.3, 0.4) is 0 Å². The SMILES string of the molecule is COc1ccc2[nH]cc(C3=C(c4cn(CCCN(C)C)c5ccc(OC)cc45)C(=O)NC3=O)c2c1. The lowest BCUT2D eigenvalue weighted by atomic mass is 9.95. The van der Waals surface area contributed by atoms with Gasteiger partial charge in [-0.1, -0.05) is 0 Å². The van der Waals surface area contributed by atoms with Crippen molar-refractivity contribution in [1.82, 2.24) is 19.8 Å². The number of aromatic amines is 1. The van der Waals surface area contributed by atoms with Crippen LogP contribution in [0.25, 0.3) is 33.0 Å². The lowest BCUT2D eigenvalue weighted by Gasteiger charge is -2.10. The normalized spacial score (nSPS) is 14.0. The topological polar surface area (TPSA) is 88.6 Å². The molecule has 1 aliphatic rings. The highest BCUT2D eigenvalue weighted by Gasteiger charge is 2.35. The molecular formula is C27H28N4O4. The van der Waals surface area contributed by atoms with Crippen molar-refractivity contribution < 1.29 is 19.1 Å². The van der Waals surface area contributed by atoms with Gasteiger partial charge in [0.25, 0.3) is 11.8 Å². The van der Waals surface area contributed by atoms with Crippen LogP contribution in [0.1, 0.15) is 17.5 Å². The Labute approximate surface area is 203 Å². The van der Waals surface area contributed by atoms with Gasteiger partial charge in [-0.3, -0.25) is 14.9 Å². The summed E-state index contributed by atoms with van der Waals surface area (Å²) < 4.78 is 13.0. The number of aryl methyl sites for hydroxylation is 1. The highest BCUT2D eigenvalue weighted by atomic mass is 16.5. The predicted octanol–water partition coefficient (Wildman–Crippen LogP) is 3.66. The molecule has 0 fully saturated rings. The molecule has 0 atom stereocenters. The van der Waals surface area contributed by atoms with E-state index in [1.165, 1.54) is 0 Å². The molecule has 0 spiro atoms. The van der Waals surface area contributed by atoms with Gasteiger partial charge in [0, 0.05) is 51.9 Å². The number of rotatable bonds is 8. The van der Waals surface area contributed by atoms with Crippen LogP contribution >= 0.6 is 0 Å². The Morgan fingerprint density at radius 2 is 1.54 bits per heavy atom. The Kier molecular flexibility index (Phi) is 5.82. The van der Waals surface area contributed by atoms with E-state index in [4.69, 9.17) is 9.47 Å². The van der Waals surface area contributed by atoms with E-state index in [9.17, 15) is 9.59 Å². The molecule has 0 unspecified atom stereocenters. The zero-order chi connectivity index (χ0) is 24.7. The van der Waals surface area contributed by atoms with Crippen LogP contribution < -0.4 is 14.8 Å². The Bertz CT molecular complexity index is 1490. The number of nitrogens with zero attached hydrogens (tertiary/aromatic N) is 2. The van der Waals surface area contributed by atoms with Gasteiger partial charge in [-0.25, -0.2) is 0 Å². The molecule has 2 amide bonds. The van der Waals surface area contributed by atoms with E-state index in [1.54, 1.807) is 20.4 Å². The summed E-state index contributed by atoms with van der Waals surface area (Å²) in [5.74, 6) is 0.545. The number of fused-ring (bicyclic) bond motifs is 2. The van der Waals surface area contributed by atoms with Crippen molar-refractivity contribution in [2.45, 2.75) is 13.0 Å². The third kappa shape index (κ3) is 3.95. The van der Waals surface area contributed by atoms with Crippen molar-refractivity contribution in [1.29, 1.82) is 0 Å². The van der Waals surface area contributed by atoms with Gasteiger partial charge < -0.3 is 23.9 Å². The van der Waals surface area contributed by atoms with Gasteiger partial charge >= 0.3 is 0 Å². The number of nitrogens with one attached hydrogen (secondary N) is 2. The van der Waals surface area contributed by atoms with Gasteiger partial charge in [0.1, 0.15) is 11.5 Å². The predicted molar refractivity (Wildman–Crippen MR) is 136 cm³/mol. The number of methoxy groups -OCH3 is 2. The first-order valence-electron chi connectivity index (χ1n) is 11.5. The van der Waals surface area contributed by atoms with Crippen molar-refractivity contribution in [2.75, 3.05) is 34.9 Å². The summed E-state index contributed by atoms with van der Waals surface area (Å²) in [6, 6.07) is 11.5. The van der Waals surface area contributed by atoms with Crippen LogP contribution in [0.4, 0.5) is 0 Å². The molecule has 180 valence electrons. The number of amides is 2. The minimum Gasteiger partial charge on any atom is -0.497 e. The largest absolute Gasteiger partial charge is 0.497 e. The van der Waals surface area contributed by atoms with E-state index in [1.807, 2.05) is 56.7 Å². The van der Waals surface area contributed by atoms with Gasteiger partial charge in [0.15, 0.2) is 0 Å². The molecule has 2 N–H and O–H groups in total. The second-order valence-electron chi connectivity index (χ2n) is 8.92. The number of benzene rings is 2. The zero-order valence-corrected chi connectivity index (χ0v) is 20.3. The van der Waals surface area contributed by atoms with Crippen LogP contribution in [0, 0.1) is 0 Å². The molecule has 0 saturated heterocycles. The fraction of sp³-hybridized carbons (Fsp3) is 0.259. The fourth-order valence-electron chi connectivity index (χ4n) is 4.75. The average Bonchev–Trinajstić information content (AvgIpc) is 3.50. The van der Waals surface area contributed by atoms with Crippen LogP contribution in [0.2, 0.25) is 0 Å². The number of carbonyl (C=O) groups is 2. The first-order valence-corrected chi connectivity index (χ1v) is 11.5. The summed E-state index contributed by atoms with van der Waals surface area (Å²) >= 11 is 0. The first-order chi connectivity index (χ1) is 16.9. The van der Waals surface area contributed by atoms with E-state index in [2.05, 4.69) is 19.8 Å². The minimum atomic E-state index is -0.412. The molecule has 2 aromatic heterocycles. The van der Waals surface area contributed by atoms with Gasteiger partial charge in [-0.05, 0) is 63.5 Å². The summed E-state index contributed by atoms with van der Waals surface area (Å²) in [4.78, 5) is 31.7. The maximum atomic E-state index is 13.2. The molecule has 0 aliphatic carbocycles. The Balaban J connectivity index is 1.73. The molecule has 35 heavy (non-hydrogen) atoms. The number of hydrogen-bond donors (Lipinski definition) is 2. The average molecular weight is 473 g/mol. The summed E-state index contributed by atoms with van der Waals surface area (Å²) in [6.07, 6.45) is 4.69. The molecule has 4 aromatic rings. The fourth-order valence-corrected chi connectivity index (χ4v) is 4.75. The van der Waals surface area contributed by atoms with E-state index in [0.717, 1.165) is 41.3 Å². The molecule has 8 heteroatoms. The van der Waals surface area contributed by atoms with Crippen molar-refractivity contribution in [3.05, 3.63) is 59.9 Å². The van der Waals surface area contributed by atoms with Crippen molar-refractivity contribution in [3.8, 4) is 11.5 Å². The summed E-state index contributed by atoms with van der Waals surface area (Å²) in [5.41, 5.74) is 3.92. The molecule has 0 bridgehead atoms. The summed E-state index contributed by atoms with van der Waals surface area (Å²) in [5, 5.41) is 4.19. The number of H-pyrrole nitrogens is 1. The van der Waals surface area contributed by atoms with Gasteiger partial charge in [-0.15, -0.1) is 0 Å². The molecule has 1 aliphatic heterocycles.